The first-order chi connectivity index (χ1) is 24.6. The Bertz CT molecular complexity index is 921. The molecule has 1 rings (SSSR count). The Hall–Kier alpha value is -0.900. The van der Waals surface area contributed by atoms with Crippen LogP contribution in [-0.2, 0) is 38.3 Å². The number of hydrogen-bond donors (Lipinski definition) is 4. The molecule has 1 fully saturated rings. The number of unbranched alkanes of at least 4 members (excludes halogenated alkanes) is 22. The van der Waals surface area contributed by atoms with Crippen molar-refractivity contribution >= 4 is 16.4 Å². The van der Waals surface area contributed by atoms with Gasteiger partial charge in [0.2, 0.25) is 0 Å². The molecule has 1 aliphatic rings. The standard InChI is InChI=1S/C38H74O12S/c1-3-5-7-9-11-12-13-14-15-16-17-18-19-20-21-23-25-27-34(40)48-32(30-46-28-26-24-22-10-8-6-4-2)31-47-38-36(42)37(50-51(43,44)45)35(41)33(29-39)49-38/h32-33,35-39,41-42H,3-31H2,1-2H3,(H,43,44,45). The summed E-state index contributed by atoms with van der Waals surface area (Å²) in [5, 5.41) is 30.5. The van der Waals surface area contributed by atoms with Gasteiger partial charge in [0.1, 0.15) is 30.5 Å². The minimum atomic E-state index is -5.05. The summed E-state index contributed by atoms with van der Waals surface area (Å²) in [5.74, 6) is -0.398. The maximum atomic E-state index is 12.7. The number of carbonyl (C=O) groups is 1. The molecule has 1 heterocycles. The Labute approximate surface area is 309 Å². The molecule has 0 bridgehead atoms. The van der Waals surface area contributed by atoms with Gasteiger partial charge >= 0.3 is 16.4 Å². The number of aliphatic hydroxyl groups is 3. The Morgan fingerprint density at radius 2 is 1.12 bits per heavy atom. The number of esters is 1. The van der Waals surface area contributed by atoms with Crippen LogP contribution in [0.4, 0.5) is 0 Å². The van der Waals surface area contributed by atoms with Crippen LogP contribution in [0, 0.1) is 0 Å². The van der Waals surface area contributed by atoms with Gasteiger partial charge in [0.15, 0.2) is 6.29 Å². The van der Waals surface area contributed by atoms with Gasteiger partial charge in [0.05, 0.1) is 19.8 Å². The molecule has 1 aliphatic heterocycles. The van der Waals surface area contributed by atoms with E-state index in [0.717, 1.165) is 38.5 Å². The fraction of sp³-hybridized carbons (Fsp3) is 0.974. The van der Waals surface area contributed by atoms with E-state index in [1.165, 1.54) is 109 Å². The highest BCUT2D eigenvalue weighted by atomic mass is 32.3. The summed E-state index contributed by atoms with van der Waals surface area (Å²) < 4.78 is 58.7. The average Bonchev–Trinajstić information content (AvgIpc) is 3.09. The lowest BCUT2D eigenvalue weighted by molar-refractivity contribution is -0.301. The van der Waals surface area contributed by atoms with Gasteiger partial charge in [-0.2, -0.15) is 8.42 Å². The second kappa shape index (κ2) is 31.5. The zero-order chi connectivity index (χ0) is 37.6. The van der Waals surface area contributed by atoms with Crippen LogP contribution in [0.2, 0.25) is 0 Å². The Morgan fingerprint density at radius 1 is 0.667 bits per heavy atom. The Morgan fingerprint density at radius 3 is 1.57 bits per heavy atom. The third-order valence-electron chi connectivity index (χ3n) is 9.48. The molecule has 6 atom stereocenters. The van der Waals surface area contributed by atoms with E-state index < -0.39 is 59.8 Å². The lowest BCUT2D eigenvalue weighted by Crippen LogP contribution is -2.60. The summed E-state index contributed by atoms with van der Waals surface area (Å²) in [4.78, 5) is 12.7. The van der Waals surface area contributed by atoms with Crippen LogP contribution in [0.3, 0.4) is 0 Å². The van der Waals surface area contributed by atoms with Crippen molar-refractivity contribution < 1.29 is 56.2 Å². The molecule has 6 unspecified atom stereocenters. The molecule has 0 spiro atoms. The van der Waals surface area contributed by atoms with Crippen molar-refractivity contribution in [3.8, 4) is 0 Å². The predicted molar refractivity (Wildman–Crippen MR) is 198 cm³/mol. The maximum Gasteiger partial charge on any atom is 0.397 e. The summed E-state index contributed by atoms with van der Waals surface area (Å²) >= 11 is 0. The van der Waals surface area contributed by atoms with E-state index in [4.69, 9.17) is 23.5 Å². The van der Waals surface area contributed by atoms with Gasteiger partial charge in [-0.05, 0) is 12.8 Å². The van der Waals surface area contributed by atoms with Gasteiger partial charge in [-0.15, -0.1) is 0 Å². The number of hydrogen-bond acceptors (Lipinski definition) is 11. The van der Waals surface area contributed by atoms with Crippen LogP contribution in [0.15, 0.2) is 0 Å². The molecule has 0 aromatic rings. The largest absolute Gasteiger partial charge is 0.457 e. The van der Waals surface area contributed by atoms with Crippen molar-refractivity contribution in [2.45, 2.75) is 211 Å². The van der Waals surface area contributed by atoms with E-state index in [1.54, 1.807) is 0 Å². The quantitative estimate of drug-likeness (QED) is 0.0288. The number of rotatable bonds is 35. The van der Waals surface area contributed by atoms with E-state index in [2.05, 4.69) is 18.0 Å². The highest BCUT2D eigenvalue weighted by Crippen LogP contribution is 2.26. The van der Waals surface area contributed by atoms with Crippen molar-refractivity contribution in [1.29, 1.82) is 0 Å². The van der Waals surface area contributed by atoms with Crippen molar-refractivity contribution in [2.75, 3.05) is 26.4 Å². The van der Waals surface area contributed by atoms with Crippen LogP contribution in [0.25, 0.3) is 0 Å². The highest BCUT2D eigenvalue weighted by Gasteiger charge is 2.48. The van der Waals surface area contributed by atoms with E-state index in [1.807, 2.05) is 0 Å². The fourth-order valence-electron chi connectivity index (χ4n) is 6.38. The van der Waals surface area contributed by atoms with E-state index in [-0.39, 0.29) is 19.6 Å². The smallest absolute Gasteiger partial charge is 0.397 e. The summed E-state index contributed by atoms with van der Waals surface area (Å²) in [7, 11) is -5.05. The van der Waals surface area contributed by atoms with Gasteiger partial charge < -0.3 is 34.3 Å². The predicted octanol–water partition coefficient (Wildman–Crippen LogP) is 7.35. The minimum absolute atomic E-state index is 0.0421. The molecule has 4 N–H and O–H groups in total. The topological polar surface area (TPSA) is 178 Å². The van der Waals surface area contributed by atoms with Crippen molar-refractivity contribution in [3.05, 3.63) is 0 Å². The van der Waals surface area contributed by atoms with Crippen molar-refractivity contribution in [1.82, 2.24) is 0 Å². The molecule has 51 heavy (non-hydrogen) atoms. The monoisotopic (exact) mass is 754 g/mol. The minimum Gasteiger partial charge on any atom is -0.457 e. The molecule has 0 radical (unpaired) electrons. The van der Waals surface area contributed by atoms with Crippen LogP contribution in [0.5, 0.6) is 0 Å². The molecular formula is C38H74O12S. The Kier molecular flexibility index (Phi) is 29.7. The zero-order valence-corrected chi connectivity index (χ0v) is 32.7. The molecule has 0 amide bonds. The van der Waals surface area contributed by atoms with Crippen LogP contribution >= 0.6 is 0 Å². The van der Waals surface area contributed by atoms with Crippen molar-refractivity contribution in [3.63, 3.8) is 0 Å². The molecule has 13 heteroatoms. The number of aliphatic hydroxyl groups excluding tert-OH is 3. The second-order valence-corrected chi connectivity index (χ2v) is 15.3. The van der Waals surface area contributed by atoms with Crippen LogP contribution in [-0.4, -0.2) is 97.5 Å². The molecule has 12 nitrogen and oxygen atoms in total. The summed E-state index contributed by atoms with van der Waals surface area (Å²) in [6.45, 7) is 3.96. The highest BCUT2D eigenvalue weighted by molar-refractivity contribution is 7.80. The van der Waals surface area contributed by atoms with Crippen LogP contribution < -0.4 is 0 Å². The van der Waals surface area contributed by atoms with E-state index in [0.29, 0.717) is 13.0 Å². The van der Waals surface area contributed by atoms with E-state index >= 15 is 0 Å². The zero-order valence-electron chi connectivity index (χ0n) is 31.9. The molecule has 0 saturated carbocycles. The van der Waals surface area contributed by atoms with Gasteiger partial charge in [-0.1, -0.05) is 155 Å². The third-order valence-corrected chi connectivity index (χ3v) is 9.94. The molecule has 0 aliphatic carbocycles. The van der Waals surface area contributed by atoms with Gasteiger partial charge in [-0.25, -0.2) is 4.18 Å². The lowest BCUT2D eigenvalue weighted by atomic mass is 9.99. The number of ether oxygens (including phenoxy) is 4. The third kappa shape index (κ3) is 25.7. The lowest BCUT2D eigenvalue weighted by Gasteiger charge is -2.41. The molecule has 304 valence electrons. The van der Waals surface area contributed by atoms with E-state index in [9.17, 15) is 28.5 Å². The maximum absolute atomic E-state index is 12.7. The second-order valence-electron chi connectivity index (χ2n) is 14.2. The summed E-state index contributed by atoms with van der Waals surface area (Å²) in [6.07, 6.45) is 20.2. The normalized spacial score (nSPS) is 21.6. The fourth-order valence-corrected chi connectivity index (χ4v) is 6.89. The first-order valence-corrected chi connectivity index (χ1v) is 21.7. The Balaban J connectivity index is 2.40. The van der Waals surface area contributed by atoms with Crippen LogP contribution in [0.1, 0.15) is 174 Å². The molecular weight excluding hydrogens is 680 g/mol. The first-order valence-electron chi connectivity index (χ1n) is 20.3. The van der Waals surface area contributed by atoms with Gasteiger partial charge in [0, 0.05) is 13.0 Å². The average molecular weight is 755 g/mol. The van der Waals surface area contributed by atoms with Gasteiger partial charge in [-0.3, -0.25) is 9.35 Å². The SMILES string of the molecule is CCCCCCCCCCCCCCCCCCCC(=O)OC(COCCCCCCCCC)COC1OC(CO)C(O)C(OS(=O)(=O)O)C1O. The van der Waals surface area contributed by atoms with Gasteiger partial charge in [0.25, 0.3) is 0 Å². The molecule has 0 aromatic carbocycles. The summed E-state index contributed by atoms with van der Waals surface area (Å²) in [5.41, 5.74) is 0. The molecule has 0 aromatic heterocycles. The summed E-state index contributed by atoms with van der Waals surface area (Å²) in [6, 6.07) is 0. The number of carbonyl (C=O) groups excluding carboxylic acids is 1. The van der Waals surface area contributed by atoms with Crippen molar-refractivity contribution in [2.24, 2.45) is 0 Å². The molecule has 1 saturated heterocycles. The first kappa shape index (κ1) is 48.1.